The summed E-state index contributed by atoms with van der Waals surface area (Å²) in [6, 6.07) is 0.727. The van der Waals surface area contributed by atoms with Crippen LogP contribution in [0.4, 0.5) is 21.7 Å². The quantitative estimate of drug-likeness (QED) is 0.476. The Morgan fingerprint density at radius 1 is 1.00 bits per heavy atom. The van der Waals surface area contributed by atoms with Gasteiger partial charge in [0, 0.05) is 0 Å². The Hall–Kier alpha value is -1.07. The minimum atomic E-state index is -5.48. The predicted octanol–water partition coefficient (Wildman–Crippen LogP) is 2.33. The van der Waals surface area contributed by atoms with Gasteiger partial charge < -0.3 is 12.9 Å². The first kappa shape index (κ1) is 10.0. The molecule has 0 spiro atoms. The Bertz CT molecular complexity index is 330. The van der Waals surface area contributed by atoms with Gasteiger partial charge in [0.25, 0.3) is 0 Å². The summed E-state index contributed by atoms with van der Waals surface area (Å²) < 4.78 is 61.3. The molecule has 0 atom stereocenters. The van der Waals surface area contributed by atoms with E-state index in [0.717, 1.165) is 0 Å². The maximum absolute atomic E-state index is 12.7. The number of hydrogen-bond acceptors (Lipinski definition) is 0. The van der Waals surface area contributed by atoms with Gasteiger partial charge in [0.2, 0.25) is 0 Å². The van der Waals surface area contributed by atoms with E-state index in [1.807, 2.05) is 0 Å². The van der Waals surface area contributed by atoms with Crippen molar-refractivity contribution in [2.45, 2.75) is 6.92 Å². The first-order chi connectivity index (χ1) is 5.82. The summed E-state index contributed by atoms with van der Waals surface area (Å²) in [4.78, 5) is 0. The average Bonchev–Trinajstić information content (AvgIpc) is 1.94. The Morgan fingerprint density at radius 2 is 1.54 bits per heavy atom. The summed E-state index contributed by atoms with van der Waals surface area (Å²) in [6.07, 6.45) is 0. The third-order valence-corrected chi connectivity index (χ3v) is 1.63. The van der Waals surface area contributed by atoms with Crippen LogP contribution in [0.25, 0.3) is 0 Å². The summed E-state index contributed by atoms with van der Waals surface area (Å²) in [5.74, 6) is -2.47. The second-order valence-electron chi connectivity index (χ2n) is 2.70. The normalized spacial score (nSPS) is 11.8. The van der Waals surface area contributed by atoms with E-state index in [0.29, 0.717) is 6.07 Å². The molecule has 1 aromatic rings. The fourth-order valence-electron chi connectivity index (χ4n) is 0.913. The maximum Gasteiger partial charge on any atom is 0.512 e. The van der Waals surface area contributed by atoms with Gasteiger partial charge in [-0.2, -0.15) is 0 Å². The Labute approximate surface area is 71.4 Å². The van der Waals surface area contributed by atoms with E-state index < -0.39 is 24.1 Å². The first-order valence-electron chi connectivity index (χ1n) is 3.48. The zero-order valence-electron chi connectivity index (χ0n) is 6.62. The third-order valence-electron chi connectivity index (χ3n) is 1.63. The van der Waals surface area contributed by atoms with Crippen molar-refractivity contribution in [1.29, 1.82) is 0 Å². The second-order valence-corrected chi connectivity index (χ2v) is 2.70. The van der Waals surface area contributed by atoms with Crippen LogP contribution in [0.5, 0.6) is 0 Å². The van der Waals surface area contributed by atoms with Gasteiger partial charge in [0.1, 0.15) is 5.82 Å². The van der Waals surface area contributed by atoms with E-state index in [1.165, 1.54) is 6.92 Å². The fraction of sp³-hybridized carbons (Fsp3) is 0.143. The summed E-state index contributed by atoms with van der Waals surface area (Å²) in [6.45, 7) is -4.28. The van der Waals surface area contributed by atoms with E-state index in [1.54, 1.807) is 0 Å². The topological polar surface area (TPSA) is 0 Å². The highest BCUT2D eigenvalue weighted by molar-refractivity contribution is 6.73. The third kappa shape index (κ3) is 1.99. The van der Waals surface area contributed by atoms with E-state index >= 15 is 0 Å². The van der Waals surface area contributed by atoms with Gasteiger partial charge in [-0.1, -0.05) is 11.5 Å². The molecule has 0 aromatic heterocycles. The van der Waals surface area contributed by atoms with Gasteiger partial charge in [-0.25, -0.2) is 8.78 Å². The predicted molar refractivity (Wildman–Crippen MR) is 39.8 cm³/mol. The fourth-order valence-corrected chi connectivity index (χ4v) is 0.913. The molecular formula is C7H5BF5-. The van der Waals surface area contributed by atoms with Gasteiger partial charge in [-0.3, -0.25) is 0 Å². The summed E-state index contributed by atoms with van der Waals surface area (Å²) in [7, 11) is 0. The molecule has 0 N–H and O–H groups in total. The summed E-state index contributed by atoms with van der Waals surface area (Å²) in [5, 5.41) is 0. The maximum atomic E-state index is 12.7. The van der Waals surface area contributed by atoms with E-state index in [9.17, 15) is 21.7 Å². The molecule has 0 bridgehead atoms. The van der Waals surface area contributed by atoms with Gasteiger partial charge in [-0.05, 0) is 18.6 Å². The van der Waals surface area contributed by atoms with Crippen molar-refractivity contribution >= 4 is 12.4 Å². The Morgan fingerprint density at radius 3 is 2.00 bits per heavy atom. The summed E-state index contributed by atoms with van der Waals surface area (Å²) in [5.41, 5.74) is -1.65. The molecule has 0 fully saturated rings. The number of hydrogen-bond donors (Lipinski definition) is 0. The lowest BCUT2D eigenvalue weighted by Gasteiger charge is -2.16. The Balaban J connectivity index is 3.32. The summed E-state index contributed by atoms with van der Waals surface area (Å²) >= 11 is 0. The number of rotatable bonds is 1. The van der Waals surface area contributed by atoms with Crippen LogP contribution in [0.2, 0.25) is 0 Å². The van der Waals surface area contributed by atoms with Gasteiger partial charge in [-0.15, -0.1) is 0 Å². The standard InChI is InChI=1S/C7H5BF5/c1-4-2-7(10)5(3-6(4)9)8(11,12)13/h2-3H,1H3/q-1. The van der Waals surface area contributed by atoms with Gasteiger partial charge >= 0.3 is 6.98 Å². The molecule has 1 aromatic carbocycles. The number of aryl methyl sites for hydroxylation is 1. The van der Waals surface area contributed by atoms with Crippen LogP contribution in [0.3, 0.4) is 0 Å². The molecule has 13 heavy (non-hydrogen) atoms. The lowest BCUT2D eigenvalue weighted by Crippen LogP contribution is -2.37. The van der Waals surface area contributed by atoms with E-state index in [2.05, 4.69) is 0 Å². The lowest BCUT2D eigenvalue weighted by atomic mass is 9.79. The van der Waals surface area contributed by atoms with Crippen LogP contribution in [-0.4, -0.2) is 6.98 Å². The molecule has 0 nitrogen and oxygen atoms in total. The molecule has 0 saturated carbocycles. The van der Waals surface area contributed by atoms with Crippen molar-refractivity contribution in [1.82, 2.24) is 0 Å². The highest BCUT2D eigenvalue weighted by atomic mass is 19.4. The van der Waals surface area contributed by atoms with Crippen molar-refractivity contribution in [3.63, 3.8) is 0 Å². The monoisotopic (exact) mass is 195 g/mol. The van der Waals surface area contributed by atoms with Crippen LogP contribution in [0.15, 0.2) is 12.1 Å². The van der Waals surface area contributed by atoms with Crippen LogP contribution < -0.4 is 5.46 Å². The van der Waals surface area contributed by atoms with E-state index in [4.69, 9.17) is 0 Å². The molecule has 0 radical (unpaired) electrons. The molecule has 0 heterocycles. The average molecular weight is 195 g/mol. The van der Waals surface area contributed by atoms with Crippen LogP contribution in [0, 0.1) is 18.6 Å². The molecule has 0 aliphatic heterocycles. The minimum absolute atomic E-state index is 0.138. The van der Waals surface area contributed by atoms with E-state index in [-0.39, 0.29) is 11.6 Å². The SMILES string of the molecule is Cc1cc(F)c([B-](F)(F)F)cc1F. The first-order valence-corrected chi connectivity index (χ1v) is 3.48. The largest absolute Gasteiger partial charge is 0.512 e. The molecule has 1 rings (SSSR count). The van der Waals surface area contributed by atoms with Crippen LogP contribution >= 0.6 is 0 Å². The van der Waals surface area contributed by atoms with Crippen molar-refractivity contribution in [3.8, 4) is 0 Å². The molecule has 0 aliphatic carbocycles. The van der Waals surface area contributed by atoms with Crippen LogP contribution in [0.1, 0.15) is 5.56 Å². The zero-order valence-corrected chi connectivity index (χ0v) is 6.62. The van der Waals surface area contributed by atoms with Gasteiger partial charge in [0.05, 0.1) is 5.82 Å². The number of benzene rings is 1. The zero-order chi connectivity index (χ0) is 10.2. The second kappa shape index (κ2) is 3.01. The molecule has 0 unspecified atom stereocenters. The van der Waals surface area contributed by atoms with Crippen molar-refractivity contribution in [2.24, 2.45) is 0 Å². The molecular weight excluding hydrogens is 190 g/mol. The Kier molecular flexibility index (Phi) is 2.32. The van der Waals surface area contributed by atoms with Crippen molar-refractivity contribution in [3.05, 3.63) is 29.3 Å². The van der Waals surface area contributed by atoms with Crippen molar-refractivity contribution < 1.29 is 21.7 Å². The molecule has 72 valence electrons. The highest BCUT2D eigenvalue weighted by Crippen LogP contribution is 2.14. The molecule has 6 heteroatoms. The van der Waals surface area contributed by atoms with Gasteiger partial charge in [0.15, 0.2) is 0 Å². The minimum Gasteiger partial charge on any atom is -0.445 e. The number of halogens is 5. The highest BCUT2D eigenvalue weighted by Gasteiger charge is 2.29. The molecule has 0 aliphatic rings. The van der Waals surface area contributed by atoms with Crippen molar-refractivity contribution in [2.75, 3.05) is 0 Å². The lowest BCUT2D eigenvalue weighted by molar-refractivity contribution is 0.492. The molecule has 0 saturated heterocycles. The molecule has 0 amide bonds. The van der Waals surface area contributed by atoms with Crippen LogP contribution in [-0.2, 0) is 0 Å². The smallest absolute Gasteiger partial charge is 0.445 e.